The van der Waals surface area contributed by atoms with E-state index in [1.165, 1.54) is 0 Å². The number of thioether (sulfide) groups is 1. The summed E-state index contributed by atoms with van der Waals surface area (Å²) >= 11 is 1.08. The number of hydrogen-bond donors (Lipinski definition) is 3. The van der Waals surface area contributed by atoms with Crippen molar-refractivity contribution in [1.82, 2.24) is 0 Å². The molecule has 0 aliphatic carbocycles. The summed E-state index contributed by atoms with van der Waals surface area (Å²) in [4.78, 5) is 21.7. The van der Waals surface area contributed by atoms with Crippen LogP contribution in [0.15, 0.2) is 0 Å². The second-order valence-corrected chi connectivity index (χ2v) is 4.75. The predicted octanol–water partition coefficient (Wildman–Crippen LogP) is -2.05. The Labute approximate surface area is 96.1 Å². The van der Waals surface area contributed by atoms with E-state index in [2.05, 4.69) is 4.18 Å². The van der Waals surface area contributed by atoms with Crippen LogP contribution in [0.1, 0.15) is 0 Å². The number of hydrogen-bond acceptors (Lipinski definition) is 8. The van der Waals surface area contributed by atoms with Crippen LogP contribution in [0, 0.1) is 0 Å². The Bertz CT molecular complexity index is 367. The van der Waals surface area contributed by atoms with Crippen molar-refractivity contribution in [2.75, 3.05) is 12.0 Å². The molecule has 94 valence electrons. The van der Waals surface area contributed by atoms with Gasteiger partial charge in [-0.3, -0.25) is 4.55 Å². The third-order valence-corrected chi connectivity index (χ3v) is 2.62. The van der Waals surface area contributed by atoms with Crippen molar-refractivity contribution >= 4 is 34.4 Å². The van der Waals surface area contributed by atoms with Crippen LogP contribution in [0.2, 0.25) is 0 Å². The zero-order valence-electron chi connectivity index (χ0n) is 8.19. The van der Waals surface area contributed by atoms with Crippen LogP contribution in [0.3, 0.4) is 0 Å². The highest BCUT2D eigenvalue weighted by atomic mass is 32.3. The van der Waals surface area contributed by atoms with Crippen molar-refractivity contribution in [2.24, 2.45) is 5.73 Å². The molecule has 10 heteroatoms. The third kappa shape index (κ3) is 4.06. The molecule has 0 spiro atoms. The van der Waals surface area contributed by atoms with Gasteiger partial charge in [0, 0.05) is 5.75 Å². The Morgan fingerprint density at radius 1 is 1.69 bits per heavy atom. The first-order valence-corrected chi connectivity index (χ1v) is 6.56. The molecule has 0 radical (unpaired) electrons. The summed E-state index contributed by atoms with van der Waals surface area (Å²) in [5, 5.41) is 9.38. The third-order valence-electron chi connectivity index (χ3n) is 1.61. The molecule has 0 saturated heterocycles. The van der Waals surface area contributed by atoms with Crippen molar-refractivity contribution < 1.29 is 31.8 Å². The van der Waals surface area contributed by atoms with Crippen LogP contribution in [0.5, 0.6) is 0 Å². The highest BCUT2D eigenvalue weighted by Crippen LogP contribution is 2.12. The summed E-state index contributed by atoms with van der Waals surface area (Å²) in [6.45, 7) is 0. The Morgan fingerprint density at radius 3 is 2.50 bits per heavy atom. The molecule has 0 aromatic rings. The van der Waals surface area contributed by atoms with E-state index in [4.69, 9.17) is 10.3 Å². The van der Waals surface area contributed by atoms with Crippen molar-refractivity contribution in [2.45, 2.75) is 11.6 Å². The molecular formula is C6H11NO7S2. The van der Waals surface area contributed by atoms with Gasteiger partial charge in [0.2, 0.25) is 0 Å². The zero-order chi connectivity index (χ0) is 13.0. The van der Waals surface area contributed by atoms with E-state index >= 15 is 0 Å². The second kappa shape index (κ2) is 5.59. The van der Waals surface area contributed by atoms with Gasteiger partial charge in [0.1, 0.15) is 0 Å². The molecule has 0 saturated carbocycles. The first-order valence-electron chi connectivity index (χ1n) is 3.81. The standard InChI is InChI=1S/C6H11NO7S2/c1-15-2-4(9)6(7,3-8)5(10)14-16(11,12)13/h3-4,9H,2,7H2,1H3,(H,11,12,13). The first-order chi connectivity index (χ1) is 7.17. The normalized spacial score (nSPS) is 17.2. The van der Waals surface area contributed by atoms with Gasteiger partial charge >= 0.3 is 16.4 Å². The van der Waals surface area contributed by atoms with Crippen molar-refractivity contribution in [1.29, 1.82) is 0 Å². The van der Waals surface area contributed by atoms with Crippen LogP contribution in [0.25, 0.3) is 0 Å². The van der Waals surface area contributed by atoms with Gasteiger partial charge in [-0.2, -0.15) is 20.2 Å². The molecule has 0 fully saturated rings. The molecule has 0 amide bonds. The summed E-state index contributed by atoms with van der Waals surface area (Å²) in [6.07, 6.45) is -0.196. The summed E-state index contributed by atoms with van der Waals surface area (Å²) in [6, 6.07) is 0. The Hall–Kier alpha value is -0.680. The van der Waals surface area contributed by atoms with Crippen LogP contribution < -0.4 is 5.73 Å². The van der Waals surface area contributed by atoms with Crippen LogP contribution in [0.4, 0.5) is 0 Å². The van der Waals surface area contributed by atoms with E-state index in [1.807, 2.05) is 0 Å². The molecule has 0 heterocycles. The van der Waals surface area contributed by atoms with Gasteiger partial charge in [-0.05, 0) is 6.26 Å². The number of rotatable bonds is 6. The average molecular weight is 273 g/mol. The monoisotopic (exact) mass is 273 g/mol. The van der Waals surface area contributed by atoms with Crippen LogP contribution in [-0.4, -0.2) is 54.0 Å². The largest absolute Gasteiger partial charge is 0.449 e. The van der Waals surface area contributed by atoms with Crippen molar-refractivity contribution in [3.63, 3.8) is 0 Å². The van der Waals surface area contributed by atoms with E-state index in [1.54, 1.807) is 6.26 Å². The smallest absolute Gasteiger partial charge is 0.389 e. The molecule has 2 unspecified atom stereocenters. The van der Waals surface area contributed by atoms with Gasteiger partial charge in [0.25, 0.3) is 0 Å². The SMILES string of the molecule is CSCC(O)C(N)(C=O)C(=O)OS(=O)(=O)O. The maximum atomic E-state index is 11.1. The van der Waals surface area contributed by atoms with Gasteiger partial charge in [-0.1, -0.05) is 0 Å². The van der Waals surface area contributed by atoms with E-state index in [-0.39, 0.29) is 12.0 Å². The lowest BCUT2D eigenvalue weighted by Crippen LogP contribution is -2.60. The molecule has 0 aliphatic rings. The lowest BCUT2D eigenvalue weighted by molar-refractivity contribution is -0.146. The molecular weight excluding hydrogens is 262 g/mol. The number of carbonyl (C=O) groups excluding carboxylic acids is 2. The quantitative estimate of drug-likeness (QED) is 0.283. The summed E-state index contributed by atoms with van der Waals surface area (Å²) < 4.78 is 32.2. The van der Waals surface area contributed by atoms with E-state index in [0.717, 1.165) is 11.8 Å². The zero-order valence-corrected chi connectivity index (χ0v) is 9.82. The Morgan fingerprint density at radius 2 is 2.19 bits per heavy atom. The molecule has 4 N–H and O–H groups in total. The first kappa shape index (κ1) is 15.3. The highest BCUT2D eigenvalue weighted by Gasteiger charge is 2.44. The molecule has 16 heavy (non-hydrogen) atoms. The molecule has 0 aliphatic heterocycles. The van der Waals surface area contributed by atoms with Crippen molar-refractivity contribution in [3.8, 4) is 0 Å². The summed E-state index contributed by atoms with van der Waals surface area (Å²) in [7, 11) is -5.07. The van der Waals surface area contributed by atoms with Gasteiger partial charge < -0.3 is 19.8 Å². The fourth-order valence-electron chi connectivity index (χ4n) is 0.726. The van der Waals surface area contributed by atoms with Gasteiger partial charge in [0.15, 0.2) is 11.8 Å². The topological polar surface area (TPSA) is 144 Å². The lowest BCUT2D eigenvalue weighted by Gasteiger charge is -2.24. The molecule has 2 atom stereocenters. The van der Waals surface area contributed by atoms with E-state index < -0.39 is 28.0 Å². The second-order valence-electron chi connectivity index (χ2n) is 2.82. The molecule has 0 aromatic heterocycles. The van der Waals surface area contributed by atoms with E-state index in [0.29, 0.717) is 0 Å². The molecule has 0 aromatic carbocycles. The maximum absolute atomic E-state index is 11.1. The minimum atomic E-state index is -5.07. The highest BCUT2D eigenvalue weighted by molar-refractivity contribution is 7.98. The predicted molar refractivity (Wildman–Crippen MR) is 55.0 cm³/mol. The minimum Gasteiger partial charge on any atom is -0.389 e. The summed E-state index contributed by atoms with van der Waals surface area (Å²) in [5.74, 6) is -1.83. The molecule has 0 rings (SSSR count). The van der Waals surface area contributed by atoms with Crippen molar-refractivity contribution in [3.05, 3.63) is 0 Å². The summed E-state index contributed by atoms with van der Waals surface area (Å²) in [5.41, 5.74) is 2.67. The number of aldehydes is 1. The molecule has 8 nitrogen and oxygen atoms in total. The Balaban J connectivity index is 4.96. The Kier molecular flexibility index (Phi) is 5.35. The maximum Gasteiger partial charge on any atom is 0.449 e. The molecule has 0 bridgehead atoms. The number of carbonyl (C=O) groups is 2. The lowest BCUT2D eigenvalue weighted by atomic mass is 9.97. The van der Waals surface area contributed by atoms with Gasteiger partial charge in [-0.15, -0.1) is 0 Å². The fourth-order valence-corrected chi connectivity index (χ4v) is 1.65. The van der Waals surface area contributed by atoms with Gasteiger partial charge in [-0.25, -0.2) is 4.79 Å². The fraction of sp³-hybridized carbons (Fsp3) is 0.667. The van der Waals surface area contributed by atoms with Crippen LogP contribution in [-0.2, 0) is 24.2 Å². The average Bonchev–Trinajstić information content (AvgIpc) is 2.14. The minimum absolute atomic E-state index is 0.0875. The van der Waals surface area contributed by atoms with Crippen LogP contribution >= 0.6 is 11.8 Å². The number of aliphatic hydroxyl groups is 1. The number of aliphatic hydroxyl groups excluding tert-OH is 1. The van der Waals surface area contributed by atoms with Gasteiger partial charge in [0.05, 0.1) is 6.10 Å². The van der Waals surface area contributed by atoms with E-state index in [9.17, 15) is 23.1 Å². The number of nitrogens with two attached hydrogens (primary N) is 1.